The zero-order valence-electron chi connectivity index (χ0n) is 8.23. The van der Waals surface area contributed by atoms with Gasteiger partial charge in [0.2, 0.25) is 0 Å². The van der Waals surface area contributed by atoms with Gasteiger partial charge in [-0.2, -0.15) is 0 Å². The highest BCUT2D eigenvalue weighted by atomic mass is 16.5. The Morgan fingerprint density at radius 3 is 1.40 bits per heavy atom. The Hall–Kier alpha value is -1.03. The van der Waals surface area contributed by atoms with Gasteiger partial charge in [-0.05, 0) is 0 Å². The van der Waals surface area contributed by atoms with E-state index in [2.05, 4.69) is 0 Å². The lowest BCUT2D eigenvalue weighted by molar-refractivity contribution is 0.350. The summed E-state index contributed by atoms with van der Waals surface area (Å²) >= 11 is 0. The van der Waals surface area contributed by atoms with Crippen molar-refractivity contribution in [2.24, 2.45) is 0 Å². The zero-order chi connectivity index (χ0) is 10.7. The average Bonchev–Trinajstić information content (AvgIpc) is 2.91. The normalized spacial score (nSPS) is 19.3. The number of hydrogen-bond acceptors (Lipinski definition) is 3. The van der Waals surface area contributed by atoms with Crippen LogP contribution in [0.4, 0.5) is 0 Å². The molecule has 76 valence electrons. The van der Waals surface area contributed by atoms with Gasteiger partial charge in [-0.1, -0.05) is 48.6 Å². The third-order valence-electron chi connectivity index (χ3n) is 2.49. The van der Waals surface area contributed by atoms with Crippen LogP contribution >= 0.6 is 0 Å². The first-order chi connectivity index (χ1) is 7.27. The second kappa shape index (κ2) is 4.66. The van der Waals surface area contributed by atoms with Crippen LogP contribution in [0.2, 0.25) is 11.6 Å². The van der Waals surface area contributed by atoms with Crippen molar-refractivity contribution < 1.29 is 14.6 Å². The molecule has 0 amide bonds. The molecule has 15 heavy (non-hydrogen) atoms. The van der Waals surface area contributed by atoms with Crippen molar-refractivity contribution in [3.63, 3.8) is 0 Å². The summed E-state index contributed by atoms with van der Waals surface area (Å²) in [6.45, 7) is 0. The minimum Gasteiger partial charge on any atom is -0.450 e. The SMILES string of the molecule is OB(OB(O)C1C=CC=C1)C1C=CC=C1. The van der Waals surface area contributed by atoms with Crippen molar-refractivity contribution in [3.05, 3.63) is 48.6 Å². The fourth-order valence-corrected chi connectivity index (χ4v) is 1.60. The smallest absolute Gasteiger partial charge is 0.450 e. The summed E-state index contributed by atoms with van der Waals surface area (Å²) in [7, 11) is -1.98. The highest BCUT2D eigenvalue weighted by molar-refractivity contribution is 6.61. The van der Waals surface area contributed by atoms with Gasteiger partial charge in [0.05, 0.1) is 0 Å². The van der Waals surface area contributed by atoms with E-state index >= 15 is 0 Å². The summed E-state index contributed by atoms with van der Waals surface area (Å²) in [5, 5.41) is 19.3. The van der Waals surface area contributed by atoms with Crippen molar-refractivity contribution in [2.75, 3.05) is 0 Å². The van der Waals surface area contributed by atoms with Crippen LogP contribution in [0.1, 0.15) is 0 Å². The van der Waals surface area contributed by atoms with E-state index in [-0.39, 0.29) is 11.6 Å². The van der Waals surface area contributed by atoms with E-state index in [0.717, 1.165) is 0 Å². The molecule has 0 heterocycles. The first kappa shape index (κ1) is 10.5. The number of hydrogen-bond donors (Lipinski definition) is 2. The van der Waals surface area contributed by atoms with Crippen LogP contribution in [-0.2, 0) is 4.57 Å². The molecule has 0 bridgehead atoms. The Labute approximate surface area is 89.7 Å². The second-order valence-electron chi connectivity index (χ2n) is 3.61. The number of allylic oxidation sites excluding steroid dienone is 8. The Morgan fingerprint density at radius 2 is 1.07 bits per heavy atom. The third kappa shape index (κ3) is 2.50. The molecule has 0 aromatic rings. The minimum atomic E-state index is -0.989. The largest absolute Gasteiger partial charge is 0.451 e. The van der Waals surface area contributed by atoms with Crippen molar-refractivity contribution in [1.29, 1.82) is 0 Å². The molecule has 0 aromatic heterocycles. The molecule has 0 radical (unpaired) electrons. The maximum Gasteiger partial charge on any atom is 0.451 e. The summed E-state index contributed by atoms with van der Waals surface area (Å²) in [5.74, 6) is -0.317. The van der Waals surface area contributed by atoms with Crippen molar-refractivity contribution in [3.8, 4) is 0 Å². The molecule has 0 aromatic carbocycles. The van der Waals surface area contributed by atoms with Gasteiger partial charge in [0.15, 0.2) is 0 Å². The summed E-state index contributed by atoms with van der Waals surface area (Å²) in [5.41, 5.74) is 0. The van der Waals surface area contributed by atoms with Crippen molar-refractivity contribution >= 4 is 14.2 Å². The van der Waals surface area contributed by atoms with Gasteiger partial charge in [-0.25, -0.2) is 0 Å². The molecule has 0 atom stereocenters. The van der Waals surface area contributed by atoms with E-state index in [1.807, 2.05) is 48.6 Å². The van der Waals surface area contributed by atoms with Gasteiger partial charge < -0.3 is 14.6 Å². The van der Waals surface area contributed by atoms with Gasteiger partial charge in [0.25, 0.3) is 0 Å². The first-order valence-electron chi connectivity index (χ1n) is 4.99. The van der Waals surface area contributed by atoms with Crippen LogP contribution in [0.25, 0.3) is 0 Å². The average molecular weight is 202 g/mol. The molecule has 2 aliphatic carbocycles. The minimum absolute atomic E-state index is 0.158. The van der Waals surface area contributed by atoms with Crippen LogP contribution in [0.5, 0.6) is 0 Å². The van der Waals surface area contributed by atoms with Crippen LogP contribution < -0.4 is 0 Å². The first-order valence-corrected chi connectivity index (χ1v) is 4.99. The highest BCUT2D eigenvalue weighted by Crippen LogP contribution is 2.23. The van der Waals surface area contributed by atoms with Crippen LogP contribution in [-0.4, -0.2) is 24.3 Å². The van der Waals surface area contributed by atoms with Crippen molar-refractivity contribution in [1.82, 2.24) is 0 Å². The van der Waals surface area contributed by atoms with Crippen LogP contribution in [0.3, 0.4) is 0 Å². The quantitative estimate of drug-likeness (QED) is 0.667. The lowest BCUT2D eigenvalue weighted by Gasteiger charge is -2.16. The molecule has 0 unspecified atom stereocenters. The Morgan fingerprint density at radius 1 is 0.733 bits per heavy atom. The molecule has 0 spiro atoms. The van der Waals surface area contributed by atoms with E-state index in [1.54, 1.807) is 0 Å². The van der Waals surface area contributed by atoms with Gasteiger partial charge in [0, 0.05) is 11.6 Å². The van der Waals surface area contributed by atoms with E-state index in [4.69, 9.17) is 4.57 Å². The molecular formula is C10H12B2O3. The Balaban J connectivity index is 1.85. The molecule has 2 N–H and O–H groups in total. The summed E-state index contributed by atoms with van der Waals surface area (Å²) < 4.78 is 5.12. The monoisotopic (exact) mass is 202 g/mol. The predicted molar refractivity (Wildman–Crippen MR) is 61.1 cm³/mol. The molecule has 2 aliphatic rings. The van der Waals surface area contributed by atoms with Gasteiger partial charge >= 0.3 is 14.2 Å². The Kier molecular flexibility index (Phi) is 3.26. The Bertz CT molecular complexity index is 280. The molecular weight excluding hydrogens is 190 g/mol. The molecule has 5 heteroatoms. The maximum absolute atomic E-state index is 9.65. The fraction of sp³-hybridized carbons (Fsp3) is 0.200. The highest BCUT2D eigenvalue weighted by Gasteiger charge is 2.32. The number of rotatable bonds is 4. The van der Waals surface area contributed by atoms with E-state index in [1.165, 1.54) is 0 Å². The van der Waals surface area contributed by atoms with Gasteiger partial charge in [-0.3, -0.25) is 0 Å². The standard InChI is InChI=1S/C10H12B2O3/c13-11(9-5-1-2-6-9)15-12(14)10-7-3-4-8-10/h1-10,13-14H. The summed E-state index contributed by atoms with van der Waals surface area (Å²) in [6, 6.07) is 0. The molecule has 0 saturated carbocycles. The molecule has 0 saturated heterocycles. The predicted octanol–water partition coefficient (Wildman–Crippen LogP) is 0.956. The van der Waals surface area contributed by atoms with Gasteiger partial charge in [0.1, 0.15) is 0 Å². The molecule has 2 rings (SSSR count). The van der Waals surface area contributed by atoms with Crippen LogP contribution in [0.15, 0.2) is 48.6 Å². The van der Waals surface area contributed by atoms with E-state index < -0.39 is 14.2 Å². The van der Waals surface area contributed by atoms with Crippen LogP contribution in [0, 0.1) is 0 Å². The fourth-order valence-electron chi connectivity index (χ4n) is 1.60. The molecule has 0 aliphatic heterocycles. The molecule has 0 fully saturated rings. The van der Waals surface area contributed by atoms with Gasteiger partial charge in [-0.15, -0.1) is 0 Å². The third-order valence-corrected chi connectivity index (χ3v) is 2.49. The zero-order valence-corrected chi connectivity index (χ0v) is 8.23. The second-order valence-corrected chi connectivity index (χ2v) is 3.61. The van der Waals surface area contributed by atoms with E-state index in [0.29, 0.717) is 0 Å². The lowest BCUT2D eigenvalue weighted by atomic mass is 9.65. The summed E-state index contributed by atoms with van der Waals surface area (Å²) in [6.07, 6.45) is 14.7. The van der Waals surface area contributed by atoms with Crippen molar-refractivity contribution in [2.45, 2.75) is 11.6 Å². The maximum atomic E-state index is 9.65. The lowest BCUT2D eigenvalue weighted by Crippen LogP contribution is -2.34. The summed E-state index contributed by atoms with van der Waals surface area (Å²) in [4.78, 5) is 0. The van der Waals surface area contributed by atoms with E-state index in [9.17, 15) is 10.0 Å². The topological polar surface area (TPSA) is 49.7 Å². The molecule has 3 nitrogen and oxygen atoms in total.